The van der Waals surface area contributed by atoms with E-state index in [1.54, 1.807) is 61.5 Å². The molecule has 0 fully saturated rings. The molecule has 0 spiro atoms. The minimum atomic E-state index is -1.15. The maximum absolute atomic E-state index is 12.6. The average molecular weight is 387 g/mol. The SMILES string of the molecule is CCC(NC(=O)/C(=C/c1ccc(Cl)cc1)NC(=O)c1ccccc1)C(=O)O. The fourth-order valence-corrected chi connectivity index (χ4v) is 2.37. The van der Waals surface area contributed by atoms with Gasteiger partial charge in [-0.15, -0.1) is 0 Å². The summed E-state index contributed by atoms with van der Waals surface area (Å²) in [5.74, 6) is -2.32. The molecule has 140 valence electrons. The van der Waals surface area contributed by atoms with Gasteiger partial charge in [-0.3, -0.25) is 9.59 Å². The molecule has 2 rings (SSSR count). The van der Waals surface area contributed by atoms with Gasteiger partial charge in [-0.1, -0.05) is 48.9 Å². The van der Waals surface area contributed by atoms with E-state index in [0.717, 1.165) is 0 Å². The van der Waals surface area contributed by atoms with Crippen LogP contribution >= 0.6 is 11.6 Å². The first-order valence-corrected chi connectivity index (χ1v) is 8.66. The van der Waals surface area contributed by atoms with Gasteiger partial charge in [0.15, 0.2) is 0 Å². The van der Waals surface area contributed by atoms with Crippen LogP contribution < -0.4 is 10.6 Å². The third-order valence-corrected chi connectivity index (χ3v) is 3.97. The highest BCUT2D eigenvalue weighted by molar-refractivity contribution is 6.30. The second-order valence-electron chi connectivity index (χ2n) is 5.70. The fourth-order valence-electron chi connectivity index (χ4n) is 2.24. The normalized spacial score (nSPS) is 12.1. The Morgan fingerprint density at radius 3 is 2.26 bits per heavy atom. The summed E-state index contributed by atoms with van der Waals surface area (Å²) in [7, 11) is 0. The number of carbonyl (C=O) groups is 3. The number of carboxylic acid groups (broad SMARTS) is 1. The second-order valence-corrected chi connectivity index (χ2v) is 6.14. The van der Waals surface area contributed by atoms with Crippen LogP contribution in [0.3, 0.4) is 0 Å². The van der Waals surface area contributed by atoms with Crippen LogP contribution in [-0.2, 0) is 9.59 Å². The van der Waals surface area contributed by atoms with Crippen molar-refractivity contribution in [3.8, 4) is 0 Å². The Balaban J connectivity index is 2.30. The number of hydrogen-bond donors (Lipinski definition) is 3. The molecule has 0 saturated heterocycles. The topological polar surface area (TPSA) is 95.5 Å². The third-order valence-electron chi connectivity index (χ3n) is 3.72. The summed E-state index contributed by atoms with van der Waals surface area (Å²) in [6.07, 6.45) is 1.67. The lowest BCUT2D eigenvalue weighted by molar-refractivity contribution is -0.141. The van der Waals surface area contributed by atoms with Gasteiger partial charge in [0.2, 0.25) is 0 Å². The molecule has 2 aromatic rings. The lowest BCUT2D eigenvalue weighted by atomic mass is 10.1. The number of carboxylic acids is 1. The van der Waals surface area contributed by atoms with E-state index in [4.69, 9.17) is 16.7 Å². The Bertz CT molecular complexity index is 848. The molecule has 2 aromatic carbocycles. The van der Waals surface area contributed by atoms with Crippen LogP contribution in [0.1, 0.15) is 29.3 Å². The molecule has 1 unspecified atom stereocenters. The van der Waals surface area contributed by atoms with Gasteiger partial charge in [-0.25, -0.2) is 4.79 Å². The van der Waals surface area contributed by atoms with Gasteiger partial charge in [0.1, 0.15) is 11.7 Å². The van der Waals surface area contributed by atoms with Crippen molar-refractivity contribution in [2.24, 2.45) is 0 Å². The van der Waals surface area contributed by atoms with Crippen LogP contribution in [0.2, 0.25) is 5.02 Å². The van der Waals surface area contributed by atoms with E-state index in [2.05, 4.69) is 10.6 Å². The molecule has 7 heteroatoms. The van der Waals surface area contributed by atoms with Gasteiger partial charge in [0.05, 0.1) is 0 Å². The third kappa shape index (κ3) is 5.97. The van der Waals surface area contributed by atoms with Gasteiger partial charge < -0.3 is 15.7 Å². The monoisotopic (exact) mass is 386 g/mol. The summed E-state index contributed by atoms with van der Waals surface area (Å²) >= 11 is 5.86. The van der Waals surface area contributed by atoms with E-state index in [1.165, 1.54) is 6.08 Å². The van der Waals surface area contributed by atoms with Crippen LogP contribution in [0.15, 0.2) is 60.3 Å². The molecule has 0 aliphatic rings. The van der Waals surface area contributed by atoms with Crippen LogP contribution in [0.25, 0.3) is 6.08 Å². The largest absolute Gasteiger partial charge is 0.480 e. The van der Waals surface area contributed by atoms with Crippen molar-refractivity contribution in [2.45, 2.75) is 19.4 Å². The fraction of sp³-hybridized carbons (Fsp3) is 0.150. The van der Waals surface area contributed by atoms with Crippen LogP contribution in [0.4, 0.5) is 0 Å². The summed E-state index contributed by atoms with van der Waals surface area (Å²) in [6.45, 7) is 1.64. The van der Waals surface area contributed by atoms with Crippen molar-refractivity contribution in [3.05, 3.63) is 76.4 Å². The highest BCUT2D eigenvalue weighted by Crippen LogP contribution is 2.13. The molecule has 6 nitrogen and oxygen atoms in total. The molecule has 0 aromatic heterocycles. The zero-order valence-corrected chi connectivity index (χ0v) is 15.4. The number of amides is 2. The van der Waals surface area contributed by atoms with Crippen molar-refractivity contribution in [3.63, 3.8) is 0 Å². The molecular weight excluding hydrogens is 368 g/mol. The van der Waals surface area contributed by atoms with E-state index in [0.29, 0.717) is 16.1 Å². The van der Waals surface area contributed by atoms with Crippen molar-refractivity contribution in [1.29, 1.82) is 0 Å². The van der Waals surface area contributed by atoms with E-state index in [1.807, 2.05) is 0 Å². The number of aliphatic carboxylic acids is 1. The van der Waals surface area contributed by atoms with Crippen LogP contribution in [0, 0.1) is 0 Å². The number of benzene rings is 2. The van der Waals surface area contributed by atoms with Gasteiger partial charge in [-0.05, 0) is 42.3 Å². The van der Waals surface area contributed by atoms with Gasteiger partial charge in [0, 0.05) is 10.6 Å². The van der Waals surface area contributed by atoms with Gasteiger partial charge >= 0.3 is 5.97 Å². The van der Waals surface area contributed by atoms with Crippen molar-refractivity contribution in [1.82, 2.24) is 10.6 Å². The maximum Gasteiger partial charge on any atom is 0.326 e. The summed E-state index contributed by atoms with van der Waals surface area (Å²) in [5, 5.41) is 14.6. The molecule has 2 amide bonds. The number of hydrogen-bond acceptors (Lipinski definition) is 3. The van der Waals surface area contributed by atoms with Gasteiger partial charge in [0.25, 0.3) is 11.8 Å². The average Bonchev–Trinajstić information content (AvgIpc) is 2.67. The standard InChI is InChI=1S/C20H19ClN2O4/c1-2-16(20(26)27)22-19(25)17(12-13-8-10-15(21)11-9-13)23-18(24)14-6-4-3-5-7-14/h3-12,16H,2H2,1H3,(H,22,25)(H,23,24)(H,26,27)/b17-12-. The molecule has 0 radical (unpaired) electrons. The first-order valence-electron chi connectivity index (χ1n) is 8.28. The van der Waals surface area contributed by atoms with Crippen LogP contribution in [0.5, 0.6) is 0 Å². The first kappa shape index (κ1) is 20.2. The highest BCUT2D eigenvalue weighted by atomic mass is 35.5. The summed E-state index contributed by atoms with van der Waals surface area (Å²) in [5.41, 5.74) is 0.935. The predicted molar refractivity (Wildman–Crippen MR) is 103 cm³/mol. The summed E-state index contributed by atoms with van der Waals surface area (Å²) in [4.78, 5) is 36.2. The first-order chi connectivity index (χ1) is 12.9. The Morgan fingerprint density at radius 1 is 1.07 bits per heavy atom. The Morgan fingerprint density at radius 2 is 1.70 bits per heavy atom. The van der Waals surface area contributed by atoms with E-state index in [9.17, 15) is 14.4 Å². The van der Waals surface area contributed by atoms with Crippen LogP contribution in [-0.4, -0.2) is 28.9 Å². The van der Waals surface area contributed by atoms with Crippen molar-refractivity contribution < 1.29 is 19.5 Å². The predicted octanol–water partition coefficient (Wildman–Crippen LogP) is 3.09. The van der Waals surface area contributed by atoms with Crippen molar-refractivity contribution in [2.75, 3.05) is 0 Å². The number of rotatable bonds is 7. The van der Waals surface area contributed by atoms with E-state index < -0.39 is 23.8 Å². The highest BCUT2D eigenvalue weighted by Gasteiger charge is 2.21. The molecular formula is C20H19ClN2O4. The Labute approximate surface area is 161 Å². The van der Waals surface area contributed by atoms with Gasteiger partial charge in [-0.2, -0.15) is 0 Å². The quantitative estimate of drug-likeness (QED) is 0.637. The molecule has 0 aliphatic heterocycles. The lowest BCUT2D eigenvalue weighted by Crippen LogP contribution is -2.44. The molecule has 27 heavy (non-hydrogen) atoms. The smallest absolute Gasteiger partial charge is 0.326 e. The number of nitrogens with one attached hydrogen (secondary N) is 2. The zero-order chi connectivity index (χ0) is 19.8. The Hall–Kier alpha value is -3.12. The zero-order valence-electron chi connectivity index (χ0n) is 14.6. The van der Waals surface area contributed by atoms with Crippen molar-refractivity contribution >= 4 is 35.5 Å². The van der Waals surface area contributed by atoms with E-state index in [-0.39, 0.29) is 12.1 Å². The summed E-state index contributed by atoms with van der Waals surface area (Å²) < 4.78 is 0. The number of carbonyl (C=O) groups excluding carboxylic acids is 2. The maximum atomic E-state index is 12.6. The Kier molecular flexibility index (Phi) is 7.14. The summed E-state index contributed by atoms with van der Waals surface area (Å²) in [6, 6.07) is 14.0. The minimum absolute atomic E-state index is 0.0640. The number of halogens is 1. The molecule has 0 bridgehead atoms. The second kappa shape index (κ2) is 9.54. The van der Waals surface area contributed by atoms with E-state index >= 15 is 0 Å². The molecule has 3 N–H and O–H groups in total. The lowest BCUT2D eigenvalue weighted by Gasteiger charge is -2.15. The molecule has 0 saturated carbocycles. The molecule has 1 atom stereocenters. The minimum Gasteiger partial charge on any atom is -0.480 e. The molecule has 0 heterocycles. The molecule has 0 aliphatic carbocycles.